The summed E-state index contributed by atoms with van der Waals surface area (Å²) in [7, 11) is 0. The average molecular weight is 370 g/mol. The minimum atomic E-state index is -0.164. The number of carbonyl (C=O) groups excluding carboxylic acids is 3. The first kappa shape index (κ1) is 17.4. The van der Waals surface area contributed by atoms with Gasteiger partial charge < -0.3 is 5.32 Å². The molecule has 0 aromatic heterocycles. The Morgan fingerprint density at radius 1 is 0.963 bits per heavy atom. The van der Waals surface area contributed by atoms with Crippen LogP contribution in [0.2, 0.25) is 0 Å². The monoisotopic (exact) mass is 370 g/mol. The molecule has 146 valence electrons. The molecule has 4 bridgehead atoms. The van der Waals surface area contributed by atoms with Crippen LogP contribution in [0.15, 0.2) is 12.2 Å². The molecule has 1 saturated heterocycles. The molecular formula is C22H30N2O3. The number of imide groups is 1. The lowest BCUT2D eigenvalue weighted by atomic mass is 9.53. The Morgan fingerprint density at radius 2 is 1.48 bits per heavy atom. The number of rotatable bonds is 5. The fraction of sp³-hybridized carbons (Fsp3) is 0.773. The van der Waals surface area contributed by atoms with E-state index in [9.17, 15) is 14.4 Å². The Hall–Kier alpha value is -1.65. The molecular weight excluding hydrogens is 340 g/mol. The van der Waals surface area contributed by atoms with Gasteiger partial charge in [-0.2, -0.15) is 0 Å². The quantitative estimate of drug-likeness (QED) is 0.598. The standard InChI is InChI=1S/C22H30N2O3/c25-19(23-22-11-14-8-15(12-22)10-16(9-14)13-22)6-3-7-24-20(26)17-4-1-2-5-18(17)21(24)27/h1-2,14-18H,3-13H2,(H,23,25)/t14?,15?,16?,17-,18-,22?/m0/s1. The van der Waals surface area contributed by atoms with E-state index < -0.39 is 0 Å². The van der Waals surface area contributed by atoms with Gasteiger partial charge >= 0.3 is 0 Å². The molecule has 3 amide bonds. The van der Waals surface area contributed by atoms with Crippen LogP contribution in [0.25, 0.3) is 0 Å². The Morgan fingerprint density at radius 3 is 2.00 bits per heavy atom. The van der Waals surface area contributed by atoms with Gasteiger partial charge in [0, 0.05) is 18.5 Å². The second-order valence-corrected chi connectivity index (χ2v) is 9.83. The van der Waals surface area contributed by atoms with Crippen molar-refractivity contribution in [3.63, 3.8) is 0 Å². The van der Waals surface area contributed by atoms with Crippen molar-refractivity contribution in [2.24, 2.45) is 29.6 Å². The highest BCUT2D eigenvalue weighted by molar-refractivity contribution is 6.05. The molecule has 5 nitrogen and oxygen atoms in total. The molecule has 0 aromatic carbocycles. The summed E-state index contributed by atoms with van der Waals surface area (Å²) in [6.07, 6.45) is 13.9. The molecule has 0 unspecified atom stereocenters. The largest absolute Gasteiger partial charge is 0.351 e. The van der Waals surface area contributed by atoms with Gasteiger partial charge in [-0.1, -0.05) is 12.2 Å². The van der Waals surface area contributed by atoms with Gasteiger partial charge in [0.1, 0.15) is 0 Å². The highest BCUT2D eigenvalue weighted by atomic mass is 16.2. The normalized spacial score (nSPS) is 41.9. The summed E-state index contributed by atoms with van der Waals surface area (Å²) in [6, 6.07) is 0. The molecule has 0 radical (unpaired) electrons. The molecule has 0 spiro atoms. The highest BCUT2D eigenvalue weighted by Crippen LogP contribution is 2.55. The molecule has 1 N–H and O–H groups in total. The van der Waals surface area contributed by atoms with Crippen LogP contribution in [0.4, 0.5) is 0 Å². The zero-order chi connectivity index (χ0) is 18.6. The molecule has 5 aliphatic carbocycles. The zero-order valence-electron chi connectivity index (χ0n) is 16.0. The number of nitrogens with zero attached hydrogens (tertiary/aromatic N) is 1. The van der Waals surface area contributed by atoms with E-state index in [-0.39, 0.29) is 35.1 Å². The second-order valence-electron chi connectivity index (χ2n) is 9.83. The second kappa shape index (κ2) is 6.46. The van der Waals surface area contributed by atoms with E-state index >= 15 is 0 Å². The van der Waals surface area contributed by atoms with E-state index in [0.717, 1.165) is 37.0 Å². The Balaban J connectivity index is 1.13. The average Bonchev–Trinajstić information content (AvgIpc) is 2.85. The lowest BCUT2D eigenvalue weighted by molar-refractivity contribution is -0.140. The summed E-state index contributed by atoms with van der Waals surface area (Å²) in [5.74, 6) is 2.16. The molecule has 4 saturated carbocycles. The number of hydrogen-bond acceptors (Lipinski definition) is 3. The summed E-state index contributed by atoms with van der Waals surface area (Å²) in [5, 5.41) is 3.38. The fourth-order valence-electron chi connectivity index (χ4n) is 7.11. The minimum Gasteiger partial charge on any atom is -0.351 e. The maximum Gasteiger partial charge on any atom is 0.233 e. The number of carbonyl (C=O) groups is 3. The summed E-state index contributed by atoms with van der Waals surface area (Å²) in [6.45, 7) is 0.388. The van der Waals surface area contributed by atoms with Gasteiger partial charge in [0.25, 0.3) is 0 Å². The van der Waals surface area contributed by atoms with Crippen molar-refractivity contribution in [3.05, 3.63) is 12.2 Å². The highest BCUT2D eigenvalue weighted by Gasteiger charge is 2.51. The molecule has 6 rings (SSSR count). The Bertz CT molecular complexity index is 636. The first-order chi connectivity index (χ1) is 13.0. The third-order valence-electron chi connectivity index (χ3n) is 7.83. The van der Waals surface area contributed by atoms with Crippen LogP contribution in [-0.2, 0) is 14.4 Å². The van der Waals surface area contributed by atoms with Crippen molar-refractivity contribution in [1.82, 2.24) is 10.2 Å². The lowest BCUT2D eigenvalue weighted by Gasteiger charge is -2.56. The number of allylic oxidation sites excluding steroid dienone is 2. The van der Waals surface area contributed by atoms with Gasteiger partial charge in [0.15, 0.2) is 0 Å². The van der Waals surface area contributed by atoms with Crippen molar-refractivity contribution >= 4 is 17.7 Å². The van der Waals surface area contributed by atoms with Crippen LogP contribution in [0.3, 0.4) is 0 Å². The van der Waals surface area contributed by atoms with Gasteiger partial charge in [0.2, 0.25) is 17.7 Å². The van der Waals surface area contributed by atoms with Crippen molar-refractivity contribution < 1.29 is 14.4 Å². The van der Waals surface area contributed by atoms with Crippen LogP contribution in [0.5, 0.6) is 0 Å². The Kier molecular flexibility index (Phi) is 4.17. The molecule has 1 aliphatic heterocycles. The van der Waals surface area contributed by atoms with E-state index in [1.54, 1.807) is 0 Å². The van der Waals surface area contributed by atoms with E-state index in [0.29, 0.717) is 32.2 Å². The number of nitrogens with one attached hydrogen (secondary N) is 1. The van der Waals surface area contributed by atoms with Crippen molar-refractivity contribution in [2.75, 3.05) is 6.54 Å². The van der Waals surface area contributed by atoms with Crippen molar-refractivity contribution in [2.45, 2.75) is 69.7 Å². The smallest absolute Gasteiger partial charge is 0.233 e. The van der Waals surface area contributed by atoms with Gasteiger partial charge in [0.05, 0.1) is 11.8 Å². The van der Waals surface area contributed by atoms with E-state index in [4.69, 9.17) is 0 Å². The zero-order valence-corrected chi connectivity index (χ0v) is 16.0. The summed E-state index contributed by atoms with van der Waals surface area (Å²) >= 11 is 0. The fourth-order valence-corrected chi connectivity index (χ4v) is 7.11. The van der Waals surface area contributed by atoms with Crippen LogP contribution >= 0.6 is 0 Å². The number of hydrogen-bond donors (Lipinski definition) is 1. The van der Waals surface area contributed by atoms with Crippen LogP contribution in [0.1, 0.15) is 64.2 Å². The molecule has 2 atom stereocenters. The molecule has 1 heterocycles. The Labute approximate surface area is 160 Å². The van der Waals surface area contributed by atoms with Gasteiger partial charge in [-0.05, 0) is 75.5 Å². The molecule has 6 aliphatic rings. The SMILES string of the molecule is O=C(CCCN1C(=O)[C@H]2CC=CC[C@@H]2C1=O)NC12CC3CC(CC(C3)C1)C2. The van der Waals surface area contributed by atoms with E-state index in [1.807, 2.05) is 12.2 Å². The van der Waals surface area contributed by atoms with Crippen LogP contribution in [0, 0.1) is 29.6 Å². The lowest BCUT2D eigenvalue weighted by Crippen LogP contribution is -2.59. The number of amides is 3. The molecule has 5 fully saturated rings. The summed E-state index contributed by atoms with van der Waals surface area (Å²) in [5.41, 5.74) is 0.0473. The van der Waals surface area contributed by atoms with Crippen LogP contribution in [-0.4, -0.2) is 34.7 Å². The first-order valence-corrected chi connectivity index (χ1v) is 10.8. The molecule has 0 aromatic rings. The maximum atomic E-state index is 12.6. The minimum absolute atomic E-state index is 0.0316. The van der Waals surface area contributed by atoms with Crippen LogP contribution < -0.4 is 5.32 Å². The van der Waals surface area contributed by atoms with E-state index in [2.05, 4.69) is 5.32 Å². The predicted octanol–water partition coefficient (Wildman–Crippen LogP) is 2.80. The third-order valence-corrected chi connectivity index (χ3v) is 7.83. The first-order valence-electron chi connectivity index (χ1n) is 10.8. The predicted molar refractivity (Wildman–Crippen MR) is 100 cm³/mol. The van der Waals surface area contributed by atoms with Gasteiger partial charge in [-0.25, -0.2) is 0 Å². The molecule has 27 heavy (non-hydrogen) atoms. The maximum absolute atomic E-state index is 12.6. The third kappa shape index (κ3) is 3.03. The van der Waals surface area contributed by atoms with Gasteiger partial charge in [-0.3, -0.25) is 19.3 Å². The number of fused-ring (bicyclic) bond motifs is 1. The molecule has 5 heteroatoms. The van der Waals surface area contributed by atoms with Crippen molar-refractivity contribution in [1.29, 1.82) is 0 Å². The van der Waals surface area contributed by atoms with Crippen molar-refractivity contribution in [3.8, 4) is 0 Å². The number of likely N-dealkylation sites (tertiary alicyclic amines) is 1. The van der Waals surface area contributed by atoms with E-state index in [1.165, 1.54) is 24.2 Å². The van der Waals surface area contributed by atoms with Gasteiger partial charge in [-0.15, -0.1) is 0 Å². The topological polar surface area (TPSA) is 66.5 Å². The summed E-state index contributed by atoms with van der Waals surface area (Å²) < 4.78 is 0. The summed E-state index contributed by atoms with van der Waals surface area (Å²) in [4.78, 5) is 39.0.